The number of pyridine rings is 1. The maximum absolute atomic E-state index is 12.6. The van der Waals surface area contributed by atoms with E-state index in [-0.39, 0.29) is 18.6 Å². The molecule has 0 unspecified atom stereocenters. The number of nitrogens with one attached hydrogen (secondary N) is 1. The number of aliphatic hydroxyl groups is 1. The minimum atomic E-state index is -0.345. The fraction of sp³-hybridized carbons (Fsp3) is 0.278. The van der Waals surface area contributed by atoms with Crippen molar-refractivity contribution in [3.05, 3.63) is 53.5 Å². The number of amides is 1. The SMILES string of the molecule is Cc1ccc(-c2cc(C(=O)N[C@@H](C)CO)cc(-n3nnnc3C)c2)nc1. The molecule has 1 amide bonds. The van der Waals surface area contributed by atoms with E-state index in [2.05, 4.69) is 25.8 Å². The number of carbonyl (C=O) groups excluding carboxylic acids is 1. The van der Waals surface area contributed by atoms with Crippen molar-refractivity contribution in [2.24, 2.45) is 0 Å². The lowest BCUT2D eigenvalue weighted by molar-refractivity contribution is 0.0922. The van der Waals surface area contributed by atoms with Gasteiger partial charge in [0.15, 0.2) is 5.82 Å². The fourth-order valence-electron chi connectivity index (χ4n) is 2.47. The number of rotatable bonds is 5. The van der Waals surface area contributed by atoms with Gasteiger partial charge < -0.3 is 10.4 Å². The van der Waals surface area contributed by atoms with Crippen molar-refractivity contribution in [2.75, 3.05) is 6.61 Å². The van der Waals surface area contributed by atoms with Gasteiger partial charge >= 0.3 is 0 Å². The smallest absolute Gasteiger partial charge is 0.251 e. The zero-order chi connectivity index (χ0) is 18.7. The Morgan fingerprint density at radius 1 is 1.27 bits per heavy atom. The lowest BCUT2D eigenvalue weighted by Crippen LogP contribution is -2.35. The molecule has 0 bridgehead atoms. The maximum atomic E-state index is 12.6. The van der Waals surface area contributed by atoms with Gasteiger partial charge in [0, 0.05) is 23.4 Å². The van der Waals surface area contributed by atoms with E-state index >= 15 is 0 Å². The number of hydrogen-bond acceptors (Lipinski definition) is 6. The Labute approximate surface area is 150 Å². The first-order valence-electron chi connectivity index (χ1n) is 8.23. The number of aromatic nitrogens is 5. The minimum Gasteiger partial charge on any atom is -0.394 e. The molecule has 0 spiro atoms. The Morgan fingerprint density at radius 2 is 2.08 bits per heavy atom. The largest absolute Gasteiger partial charge is 0.394 e. The molecule has 0 radical (unpaired) electrons. The van der Waals surface area contributed by atoms with E-state index in [1.54, 1.807) is 36.9 Å². The van der Waals surface area contributed by atoms with Crippen molar-refractivity contribution in [3.8, 4) is 16.9 Å². The summed E-state index contributed by atoms with van der Waals surface area (Å²) in [4.78, 5) is 17.0. The van der Waals surface area contributed by atoms with Crippen LogP contribution in [-0.2, 0) is 0 Å². The second kappa shape index (κ2) is 7.40. The van der Waals surface area contributed by atoms with Gasteiger partial charge in [0.25, 0.3) is 5.91 Å². The van der Waals surface area contributed by atoms with Gasteiger partial charge in [0.1, 0.15) is 0 Å². The van der Waals surface area contributed by atoms with Crippen LogP contribution in [0.25, 0.3) is 16.9 Å². The van der Waals surface area contributed by atoms with Crippen LogP contribution in [0.5, 0.6) is 0 Å². The quantitative estimate of drug-likeness (QED) is 0.720. The molecule has 1 atom stereocenters. The first kappa shape index (κ1) is 17.7. The summed E-state index contributed by atoms with van der Waals surface area (Å²) < 4.78 is 1.56. The summed E-state index contributed by atoms with van der Waals surface area (Å²) in [5.74, 6) is 0.321. The highest BCUT2D eigenvalue weighted by Crippen LogP contribution is 2.23. The molecule has 3 aromatic rings. The van der Waals surface area contributed by atoms with Gasteiger partial charge in [-0.3, -0.25) is 9.78 Å². The Bertz CT molecular complexity index is 920. The third-order valence-electron chi connectivity index (χ3n) is 3.91. The molecule has 8 nitrogen and oxygen atoms in total. The molecule has 134 valence electrons. The zero-order valence-corrected chi connectivity index (χ0v) is 14.8. The van der Waals surface area contributed by atoms with Crippen LogP contribution in [0.3, 0.4) is 0 Å². The van der Waals surface area contributed by atoms with Crippen molar-refractivity contribution in [3.63, 3.8) is 0 Å². The van der Waals surface area contributed by atoms with E-state index in [9.17, 15) is 9.90 Å². The van der Waals surface area contributed by atoms with Crippen LogP contribution in [0.1, 0.15) is 28.7 Å². The van der Waals surface area contributed by atoms with E-state index in [1.165, 1.54) is 0 Å². The van der Waals surface area contributed by atoms with E-state index < -0.39 is 0 Å². The van der Waals surface area contributed by atoms with Gasteiger partial charge in [-0.1, -0.05) is 6.07 Å². The maximum Gasteiger partial charge on any atom is 0.251 e. The molecule has 0 saturated carbocycles. The summed E-state index contributed by atoms with van der Waals surface area (Å²) in [6.45, 7) is 5.34. The van der Waals surface area contributed by atoms with E-state index in [1.807, 2.05) is 25.1 Å². The molecule has 8 heteroatoms. The van der Waals surface area contributed by atoms with Gasteiger partial charge in [0.2, 0.25) is 0 Å². The molecule has 2 N–H and O–H groups in total. The van der Waals surface area contributed by atoms with Gasteiger partial charge in [0.05, 0.1) is 18.0 Å². The van der Waals surface area contributed by atoms with E-state index in [4.69, 9.17) is 0 Å². The van der Waals surface area contributed by atoms with Crippen LogP contribution in [-0.4, -0.2) is 48.9 Å². The highest BCUT2D eigenvalue weighted by molar-refractivity contribution is 5.96. The first-order valence-corrected chi connectivity index (χ1v) is 8.23. The minimum absolute atomic E-state index is 0.135. The summed E-state index contributed by atoms with van der Waals surface area (Å²) in [7, 11) is 0. The Kier molecular flexibility index (Phi) is 5.04. The molecular formula is C18H20N6O2. The lowest BCUT2D eigenvalue weighted by Gasteiger charge is -2.13. The normalized spacial score (nSPS) is 12.0. The Hall–Kier alpha value is -3.13. The molecule has 3 rings (SSSR count). The number of carbonyl (C=O) groups is 1. The Morgan fingerprint density at radius 3 is 2.69 bits per heavy atom. The monoisotopic (exact) mass is 352 g/mol. The first-order chi connectivity index (χ1) is 12.5. The van der Waals surface area contributed by atoms with Crippen molar-refractivity contribution >= 4 is 5.91 Å². The van der Waals surface area contributed by atoms with E-state index in [0.717, 1.165) is 16.8 Å². The molecular weight excluding hydrogens is 332 g/mol. The van der Waals surface area contributed by atoms with Gasteiger partial charge in [-0.15, -0.1) is 5.10 Å². The van der Waals surface area contributed by atoms with Gasteiger partial charge in [-0.2, -0.15) is 4.68 Å². The van der Waals surface area contributed by atoms with E-state index in [0.29, 0.717) is 17.1 Å². The summed E-state index contributed by atoms with van der Waals surface area (Å²) in [5.41, 5.74) is 3.67. The number of tetrazole rings is 1. The second-order valence-corrected chi connectivity index (χ2v) is 6.18. The second-order valence-electron chi connectivity index (χ2n) is 6.18. The van der Waals surface area contributed by atoms with Crippen LogP contribution in [0.4, 0.5) is 0 Å². The van der Waals surface area contributed by atoms with Crippen LogP contribution in [0.2, 0.25) is 0 Å². The van der Waals surface area contributed by atoms with Crippen LogP contribution >= 0.6 is 0 Å². The third kappa shape index (κ3) is 3.75. The molecule has 0 saturated heterocycles. The van der Waals surface area contributed by atoms with Crippen LogP contribution in [0.15, 0.2) is 36.5 Å². The molecule has 1 aromatic carbocycles. The third-order valence-corrected chi connectivity index (χ3v) is 3.91. The number of hydrogen-bond donors (Lipinski definition) is 2. The van der Waals surface area contributed by atoms with Crippen LogP contribution < -0.4 is 5.32 Å². The number of benzene rings is 1. The molecule has 26 heavy (non-hydrogen) atoms. The summed E-state index contributed by atoms with van der Waals surface area (Å²) in [6.07, 6.45) is 1.78. The standard InChI is InChI=1S/C18H20N6O2/c1-11-4-5-17(19-9-11)14-6-15(18(26)20-12(2)10-25)8-16(7-14)24-13(3)21-22-23-24/h4-9,12,25H,10H2,1-3H3,(H,20,26)/t12-/m0/s1. The Balaban J connectivity index is 2.09. The molecule has 2 aromatic heterocycles. The molecule has 0 aliphatic carbocycles. The summed E-state index contributed by atoms with van der Waals surface area (Å²) >= 11 is 0. The highest BCUT2D eigenvalue weighted by atomic mass is 16.3. The fourth-order valence-corrected chi connectivity index (χ4v) is 2.47. The van der Waals surface area contributed by atoms with Crippen molar-refractivity contribution in [1.29, 1.82) is 0 Å². The molecule has 0 aliphatic heterocycles. The lowest BCUT2D eigenvalue weighted by atomic mass is 10.0. The molecule has 2 heterocycles. The zero-order valence-electron chi connectivity index (χ0n) is 14.8. The number of aryl methyl sites for hydroxylation is 2. The summed E-state index contributed by atoms with van der Waals surface area (Å²) in [6, 6.07) is 8.87. The van der Waals surface area contributed by atoms with Gasteiger partial charge in [-0.25, -0.2) is 0 Å². The van der Waals surface area contributed by atoms with Gasteiger partial charge in [-0.05, 0) is 61.0 Å². The molecule has 0 fully saturated rings. The van der Waals surface area contributed by atoms with Crippen molar-refractivity contribution in [1.82, 2.24) is 30.5 Å². The topological polar surface area (TPSA) is 106 Å². The number of aliphatic hydroxyl groups excluding tert-OH is 1. The number of nitrogens with zero attached hydrogens (tertiary/aromatic N) is 5. The summed E-state index contributed by atoms with van der Waals surface area (Å²) in [5, 5.41) is 23.5. The predicted molar refractivity (Wildman–Crippen MR) is 95.9 cm³/mol. The highest BCUT2D eigenvalue weighted by Gasteiger charge is 2.15. The predicted octanol–water partition coefficient (Wildman–Crippen LogP) is 1.45. The average Bonchev–Trinajstić information content (AvgIpc) is 3.07. The van der Waals surface area contributed by atoms with Crippen molar-refractivity contribution in [2.45, 2.75) is 26.8 Å². The van der Waals surface area contributed by atoms with Crippen molar-refractivity contribution < 1.29 is 9.90 Å². The average molecular weight is 352 g/mol. The molecule has 0 aliphatic rings. The van der Waals surface area contributed by atoms with Crippen LogP contribution in [0, 0.1) is 13.8 Å².